The van der Waals surface area contributed by atoms with Gasteiger partial charge in [-0.15, -0.1) is 0 Å². The number of hydrogen-bond donors (Lipinski definition) is 2. The lowest BCUT2D eigenvalue weighted by atomic mass is 10.1. The quantitative estimate of drug-likeness (QED) is 0.568. The summed E-state index contributed by atoms with van der Waals surface area (Å²) in [6.07, 6.45) is 1.64. The maximum absolute atomic E-state index is 12.4. The third-order valence-corrected chi connectivity index (χ3v) is 4.46. The van der Waals surface area contributed by atoms with Gasteiger partial charge in [-0.1, -0.05) is 36.4 Å². The Morgan fingerprint density at radius 3 is 2.59 bits per heavy atom. The van der Waals surface area contributed by atoms with Crippen LogP contribution < -0.4 is 10.1 Å². The Balaban J connectivity index is 1.50. The SMILES string of the molecule is N#Cc1ccccc1OCc1cccc(C(=O)NCCCc2ccc(O)cc2)c1. The molecule has 3 aromatic rings. The number of aromatic hydroxyl groups is 1. The van der Waals surface area contributed by atoms with Gasteiger partial charge in [0.1, 0.15) is 24.2 Å². The predicted molar refractivity (Wildman–Crippen MR) is 111 cm³/mol. The van der Waals surface area contributed by atoms with Gasteiger partial charge in [0.2, 0.25) is 0 Å². The first-order chi connectivity index (χ1) is 14.2. The molecule has 0 aliphatic heterocycles. The summed E-state index contributed by atoms with van der Waals surface area (Å²) in [4.78, 5) is 12.4. The first-order valence-electron chi connectivity index (χ1n) is 9.42. The molecule has 0 fully saturated rings. The van der Waals surface area contributed by atoms with Crippen LogP contribution in [0.1, 0.15) is 33.5 Å². The van der Waals surface area contributed by atoms with Crippen LogP contribution in [0.4, 0.5) is 0 Å². The summed E-state index contributed by atoms with van der Waals surface area (Å²) in [5, 5.41) is 21.4. The van der Waals surface area contributed by atoms with Crippen LogP contribution in [0.25, 0.3) is 0 Å². The summed E-state index contributed by atoms with van der Waals surface area (Å²) in [5.41, 5.74) is 3.03. The van der Waals surface area contributed by atoms with E-state index in [1.807, 2.05) is 30.3 Å². The van der Waals surface area contributed by atoms with Gasteiger partial charge >= 0.3 is 0 Å². The van der Waals surface area contributed by atoms with Crippen molar-refractivity contribution in [3.63, 3.8) is 0 Å². The number of nitriles is 1. The lowest BCUT2D eigenvalue weighted by molar-refractivity contribution is 0.0953. The van der Waals surface area contributed by atoms with Crippen LogP contribution in [-0.4, -0.2) is 17.6 Å². The fraction of sp³-hybridized carbons (Fsp3) is 0.167. The number of hydrogen-bond acceptors (Lipinski definition) is 4. The minimum Gasteiger partial charge on any atom is -0.508 e. The van der Waals surface area contributed by atoms with Gasteiger partial charge in [-0.05, 0) is 60.4 Å². The van der Waals surface area contributed by atoms with E-state index in [-0.39, 0.29) is 18.3 Å². The smallest absolute Gasteiger partial charge is 0.251 e. The van der Waals surface area contributed by atoms with Crippen molar-refractivity contribution in [1.82, 2.24) is 5.32 Å². The zero-order valence-electron chi connectivity index (χ0n) is 16.0. The van der Waals surface area contributed by atoms with Crippen molar-refractivity contribution in [2.75, 3.05) is 6.54 Å². The van der Waals surface area contributed by atoms with E-state index < -0.39 is 0 Å². The van der Waals surface area contributed by atoms with E-state index in [9.17, 15) is 9.90 Å². The summed E-state index contributed by atoms with van der Waals surface area (Å²) in [7, 11) is 0. The minimum absolute atomic E-state index is 0.130. The predicted octanol–water partition coefficient (Wildman–Crippen LogP) is 4.21. The van der Waals surface area contributed by atoms with Crippen LogP contribution >= 0.6 is 0 Å². The van der Waals surface area contributed by atoms with Crippen molar-refractivity contribution in [2.45, 2.75) is 19.4 Å². The van der Waals surface area contributed by atoms with Gasteiger partial charge in [-0.25, -0.2) is 0 Å². The van der Waals surface area contributed by atoms with Gasteiger partial charge in [0, 0.05) is 12.1 Å². The standard InChI is InChI=1S/C24H22N2O3/c25-16-21-7-1-2-9-23(21)29-17-19-5-3-8-20(15-19)24(28)26-14-4-6-18-10-12-22(27)13-11-18/h1-3,5,7-13,15,27H,4,6,14,17H2,(H,26,28). The topological polar surface area (TPSA) is 82.3 Å². The fourth-order valence-corrected chi connectivity index (χ4v) is 2.91. The highest BCUT2D eigenvalue weighted by Crippen LogP contribution is 2.18. The number of rotatable bonds is 8. The van der Waals surface area contributed by atoms with Crippen molar-refractivity contribution in [1.29, 1.82) is 5.26 Å². The van der Waals surface area contributed by atoms with Gasteiger partial charge in [-0.3, -0.25) is 4.79 Å². The summed E-state index contributed by atoms with van der Waals surface area (Å²) < 4.78 is 5.73. The van der Waals surface area contributed by atoms with Crippen LogP contribution in [0.15, 0.2) is 72.8 Å². The molecule has 0 spiro atoms. The molecule has 146 valence electrons. The molecule has 1 amide bonds. The number of aryl methyl sites for hydroxylation is 1. The molecule has 0 aliphatic rings. The molecule has 0 saturated heterocycles. The molecule has 2 N–H and O–H groups in total. The molecule has 0 heterocycles. The van der Waals surface area contributed by atoms with Crippen molar-refractivity contribution >= 4 is 5.91 Å². The average molecular weight is 386 g/mol. The molecular formula is C24H22N2O3. The first-order valence-corrected chi connectivity index (χ1v) is 9.42. The van der Waals surface area contributed by atoms with E-state index in [0.717, 1.165) is 24.0 Å². The van der Waals surface area contributed by atoms with Crippen molar-refractivity contribution < 1.29 is 14.6 Å². The van der Waals surface area contributed by atoms with Crippen molar-refractivity contribution in [2.24, 2.45) is 0 Å². The molecule has 29 heavy (non-hydrogen) atoms. The third kappa shape index (κ3) is 5.85. The average Bonchev–Trinajstić information content (AvgIpc) is 2.76. The molecule has 0 atom stereocenters. The Morgan fingerprint density at radius 2 is 1.79 bits per heavy atom. The number of nitrogens with zero attached hydrogens (tertiary/aromatic N) is 1. The molecule has 0 bridgehead atoms. The van der Waals surface area contributed by atoms with Crippen LogP contribution in [0.2, 0.25) is 0 Å². The Morgan fingerprint density at radius 1 is 1.00 bits per heavy atom. The number of phenols is 1. The maximum Gasteiger partial charge on any atom is 0.251 e. The van der Waals surface area contributed by atoms with Crippen LogP contribution in [0.3, 0.4) is 0 Å². The Bertz CT molecular complexity index is 1010. The van der Waals surface area contributed by atoms with E-state index in [1.165, 1.54) is 0 Å². The molecule has 3 rings (SSSR count). The minimum atomic E-state index is -0.130. The van der Waals surface area contributed by atoms with Gasteiger partial charge in [0.25, 0.3) is 5.91 Å². The monoisotopic (exact) mass is 386 g/mol. The number of nitrogens with one attached hydrogen (secondary N) is 1. The zero-order valence-corrected chi connectivity index (χ0v) is 16.0. The number of phenolic OH excluding ortho intramolecular Hbond substituents is 1. The first kappa shape index (κ1) is 20.0. The van der Waals surface area contributed by atoms with Gasteiger partial charge in [0.15, 0.2) is 0 Å². The Labute approximate surface area is 170 Å². The lowest BCUT2D eigenvalue weighted by Gasteiger charge is -2.10. The Kier molecular flexibility index (Phi) is 6.85. The molecule has 5 nitrogen and oxygen atoms in total. The molecule has 0 saturated carbocycles. The second-order valence-corrected chi connectivity index (χ2v) is 6.62. The van der Waals surface area contributed by atoms with Crippen molar-refractivity contribution in [3.8, 4) is 17.6 Å². The van der Waals surface area contributed by atoms with E-state index in [1.54, 1.807) is 42.5 Å². The van der Waals surface area contributed by atoms with Gasteiger partial charge < -0.3 is 15.2 Å². The molecule has 0 unspecified atom stereocenters. The number of benzene rings is 3. The normalized spacial score (nSPS) is 10.2. The van der Waals surface area contributed by atoms with E-state index in [4.69, 9.17) is 10.00 Å². The zero-order chi connectivity index (χ0) is 20.5. The maximum atomic E-state index is 12.4. The van der Waals surface area contributed by atoms with Crippen LogP contribution in [0, 0.1) is 11.3 Å². The molecule has 0 aromatic heterocycles. The van der Waals surface area contributed by atoms with Gasteiger partial charge in [-0.2, -0.15) is 5.26 Å². The highest BCUT2D eigenvalue weighted by atomic mass is 16.5. The largest absolute Gasteiger partial charge is 0.508 e. The number of amides is 1. The third-order valence-electron chi connectivity index (χ3n) is 4.46. The molecular weight excluding hydrogens is 364 g/mol. The van der Waals surface area contributed by atoms with E-state index in [2.05, 4.69) is 11.4 Å². The lowest BCUT2D eigenvalue weighted by Crippen LogP contribution is -2.24. The fourth-order valence-electron chi connectivity index (χ4n) is 2.91. The summed E-state index contributed by atoms with van der Waals surface area (Å²) >= 11 is 0. The number of ether oxygens (including phenoxy) is 1. The second kappa shape index (κ2) is 9.95. The molecule has 0 radical (unpaired) electrons. The second-order valence-electron chi connectivity index (χ2n) is 6.62. The molecule has 0 aliphatic carbocycles. The summed E-state index contributed by atoms with van der Waals surface area (Å²) in [5.74, 6) is 0.649. The summed E-state index contributed by atoms with van der Waals surface area (Å²) in [6, 6.07) is 23.5. The number of carbonyl (C=O) groups excluding carboxylic acids is 1. The van der Waals surface area contributed by atoms with E-state index >= 15 is 0 Å². The van der Waals surface area contributed by atoms with Crippen molar-refractivity contribution in [3.05, 3.63) is 95.1 Å². The Hall–Kier alpha value is -3.78. The number of carbonyl (C=O) groups is 1. The van der Waals surface area contributed by atoms with Gasteiger partial charge in [0.05, 0.1) is 5.56 Å². The highest BCUT2D eigenvalue weighted by Gasteiger charge is 2.07. The van der Waals surface area contributed by atoms with E-state index in [0.29, 0.717) is 23.4 Å². The number of para-hydroxylation sites is 1. The molecule has 3 aromatic carbocycles. The molecule has 5 heteroatoms. The van der Waals surface area contributed by atoms with Crippen LogP contribution in [-0.2, 0) is 13.0 Å². The van der Waals surface area contributed by atoms with Crippen LogP contribution in [0.5, 0.6) is 11.5 Å². The highest BCUT2D eigenvalue weighted by molar-refractivity contribution is 5.94. The summed E-state index contributed by atoms with van der Waals surface area (Å²) in [6.45, 7) is 0.844.